The fourth-order valence-corrected chi connectivity index (χ4v) is 2.62. The first-order chi connectivity index (χ1) is 8.99. The summed E-state index contributed by atoms with van der Waals surface area (Å²) < 4.78 is 0. The lowest BCUT2D eigenvalue weighted by molar-refractivity contribution is 0.178. The van der Waals surface area contributed by atoms with Crippen molar-refractivity contribution in [2.75, 3.05) is 0 Å². The molecule has 1 nitrogen and oxygen atoms in total. The molecule has 5 heteroatoms. The quantitative estimate of drug-likeness (QED) is 0.776. The van der Waals surface area contributed by atoms with E-state index in [0.29, 0.717) is 37.6 Å². The summed E-state index contributed by atoms with van der Waals surface area (Å²) in [4.78, 5) is 0. The van der Waals surface area contributed by atoms with Gasteiger partial charge in [0, 0.05) is 16.5 Å². The second-order valence-electron chi connectivity index (χ2n) is 4.09. The van der Waals surface area contributed by atoms with Crippen LogP contribution in [0.5, 0.6) is 0 Å². The van der Waals surface area contributed by atoms with Gasteiger partial charge < -0.3 is 5.11 Å². The van der Waals surface area contributed by atoms with Gasteiger partial charge in [0.15, 0.2) is 0 Å². The zero-order valence-electron chi connectivity index (χ0n) is 9.71. The Morgan fingerprint density at radius 3 is 2.05 bits per heavy atom. The van der Waals surface area contributed by atoms with E-state index in [-0.39, 0.29) is 0 Å². The molecule has 0 saturated carbocycles. The standard InChI is InChI=1S/C14H10Cl4O/c15-10-2-1-3-11(16)9(10)7-14(19)8-4-5-12(17)13(18)6-8/h1-6,14,19H,7H2. The van der Waals surface area contributed by atoms with E-state index in [1.807, 2.05) is 0 Å². The Bertz CT molecular complexity index is 578. The Morgan fingerprint density at radius 1 is 0.842 bits per heavy atom. The molecule has 0 aliphatic rings. The second-order valence-corrected chi connectivity index (χ2v) is 5.72. The molecule has 0 fully saturated rings. The number of halogens is 4. The summed E-state index contributed by atoms with van der Waals surface area (Å²) in [6.07, 6.45) is -0.427. The average Bonchev–Trinajstić information content (AvgIpc) is 2.37. The highest BCUT2D eigenvalue weighted by Crippen LogP contribution is 2.31. The SMILES string of the molecule is OC(Cc1c(Cl)cccc1Cl)c1ccc(Cl)c(Cl)c1. The second kappa shape index (κ2) is 6.34. The molecule has 2 aromatic rings. The normalized spacial score (nSPS) is 12.5. The maximum absolute atomic E-state index is 10.2. The highest BCUT2D eigenvalue weighted by molar-refractivity contribution is 6.42. The van der Waals surface area contributed by atoms with Crippen LogP contribution in [0.1, 0.15) is 17.2 Å². The third kappa shape index (κ3) is 3.56. The number of rotatable bonds is 3. The number of benzene rings is 2. The first kappa shape index (κ1) is 15.0. The van der Waals surface area contributed by atoms with Crippen molar-refractivity contribution in [3.8, 4) is 0 Å². The fraction of sp³-hybridized carbons (Fsp3) is 0.143. The van der Waals surface area contributed by atoms with Gasteiger partial charge in [-0.15, -0.1) is 0 Å². The molecule has 2 rings (SSSR count). The maximum Gasteiger partial charge on any atom is 0.0831 e. The van der Waals surface area contributed by atoms with Gasteiger partial charge >= 0.3 is 0 Å². The molecule has 100 valence electrons. The molecule has 0 bridgehead atoms. The van der Waals surface area contributed by atoms with E-state index in [1.165, 1.54) is 0 Å². The number of hydrogen-bond acceptors (Lipinski definition) is 1. The van der Waals surface area contributed by atoms with E-state index in [1.54, 1.807) is 36.4 Å². The van der Waals surface area contributed by atoms with Crippen molar-refractivity contribution in [1.82, 2.24) is 0 Å². The zero-order valence-corrected chi connectivity index (χ0v) is 12.7. The highest BCUT2D eigenvalue weighted by Gasteiger charge is 2.14. The van der Waals surface area contributed by atoms with Crippen LogP contribution in [0.25, 0.3) is 0 Å². The Morgan fingerprint density at radius 2 is 1.47 bits per heavy atom. The molecule has 0 aromatic heterocycles. The Labute approximate surface area is 131 Å². The molecule has 0 amide bonds. The summed E-state index contributed by atoms with van der Waals surface area (Å²) >= 11 is 23.9. The molecule has 0 saturated heterocycles. The Kier molecular flexibility index (Phi) is 4.99. The van der Waals surface area contributed by atoms with Crippen LogP contribution in [-0.2, 0) is 6.42 Å². The predicted molar refractivity (Wildman–Crippen MR) is 81.6 cm³/mol. The van der Waals surface area contributed by atoms with Crippen LogP contribution >= 0.6 is 46.4 Å². The van der Waals surface area contributed by atoms with Gasteiger partial charge in [-0.2, -0.15) is 0 Å². The molecule has 2 aromatic carbocycles. The lowest BCUT2D eigenvalue weighted by Gasteiger charge is -2.14. The van der Waals surface area contributed by atoms with Crippen molar-refractivity contribution in [3.05, 3.63) is 67.6 Å². The molecule has 19 heavy (non-hydrogen) atoms. The van der Waals surface area contributed by atoms with Gasteiger partial charge in [0.2, 0.25) is 0 Å². The first-order valence-corrected chi connectivity index (χ1v) is 7.06. The summed E-state index contributed by atoms with van der Waals surface area (Å²) in [6, 6.07) is 10.3. The minimum atomic E-state index is -0.743. The summed E-state index contributed by atoms with van der Waals surface area (Å²) in [5.74, 6) is 0. The van der Waals surface area contributed by atoms with E-state index in [0.717, 1.165) is 0 Å². The van der Waals surface area contributed by atoms with E-state index in [4.69, 9.17) is 46.4 Å². The lowest BCUT2D eigenvalue weighted by Crippen LogP contribution is -2.03. The Hall–Kier alpha value is -0.440. The molecule has 1 atom stereocenters. The minimum absolute atomic E-state index is 0.316. The van der Waals surface area contributed by atoms with E-state index < -0.39 is 6.10 Å². The molecule has 0 spiro atoms. The Balaban J connectivity index is 2.25. The van der Waals surface area contributed by atoms with Gasteiger partial charge in [-0.1, -0.05) is 58.5 Å². The van der Waals surface area contributed by atoms with Crippen LogP contribution in [0.4, 0.5) is 0 Å². The van der Waals surface area contributed by atoms with Crippen LogP contribution < -0.4 is 0 Å². The number of hydrogen-bond donors (Lipinski definition) is 1. The molecule has 1 unspecified atom stereocenters. The maximum atomic E-state index is 10.2. The third-order valence-corrected chi connectivity index (χ3v) is 4.23. The first-order valence-electron chi connectivity index (χ1n) is 5.55. The lowest BCUT2D eigenvalue weighted by atomic mass is 10.0. The minimum Gasteiger partial charge on any atom is -0.388 e. The smallest absolute Gasteiger partial charge is 0.0831 e. The molecule has 0 aliphatic carbocycles. The average molecular weight is 336 g/mol. The van der Waals surface area contributed by atoms with E-state index in [2.05, 4.69) is 0 Å². The molecular formula is C14H10Cl4O. The van der Waals surface area contributed by atoms with Gasteiger partial charge in [0.1, 0.15) is 0 Å². The zero-order chi connectivity index (χ0) is 14.0. The van der Waals surface area contributed by atoms with E-state index in [9.17, 15) is 5.11 Å². The van der Waals surface area contributed by atoms with Gasteiger partial charge in [-0.3, -0.25) is 0 Å². The molecule has 0 heterocycles. The number of aliphatic hydroxyl groups is 1. The monoisotopic (exact) mass is 334 g/mol. The summed E-state index contributed by atoms with van der Waals surface area (Å²) in [6.45, 7) is 0. The van der Waals surface area contributed by atoms with Crippen LogP contribution in [-0.4, -0.2) is 5.11 Å². The highest BCUT2D eigenvalue weighted by atomic mass is 35.5. The largest absolute Gasteiger partial charge is 0.388 e. The van der Waals surface area contributed by atoms with Gasteiger partial charge in [0.25, 0.3) is 0 Å². The summed E-state index contributed by atoms with van der Waals surface area (Å²) in [5, 5.41) is 12.1. The van der Waals surface area contributed by atoms with Crippen LogP contribution in [0, 0.1) is 0 Å². The predicted octanol–water partition coefficient (Wildman–Crippen LogP) is 5.58. The fourth-order valence-electron chi connectivity index (χ4n) is 1.76. The topological polar surface area (TPSA) is 20.2 Å². The van der Waals surface area contributed by atoms with Crippen molar-refractivity contribution >= 4 is 46.4 Å². The van der Waals surface area contributed by atoms with Gasteiger partial charge in [-0.05, 0) is 35.4 Å². The summed E-state index contributed by atoms with van der Waals surface area (Å²) in [7, 11) is 0. The molecular weight excluding hydrogens is 326 g/mol. The van der Waals surface area contributed by atoms with Crippen LogP contribution in [0.15, 0.2) is 36.4 Å². The molecule has 0 aliphatic heterocycles. The van der Waals surface area contributed by atoms with Crippen LogP contribution in [0.3, 0.4) is 0 Å². The van der Waals surface area contributed by atoms with Crippen molar-refractivity contribution in [3.63, 3.8) is 0 Å². The molecule has 0 radical (unpaired) electrons. The third-order valence-electron chi connectivity index (χ3n) is 2.79. The van der Waals surface area contributed by atoms with Gasteiger partial charge in [0.05, 0.1) is 16.1 Å². The van der Waals surface area contributed by atoms with Crippen molar-refractivity contribution < 1.29 is 5.11 Å². The van der Waals surface area contributed by atoms with Crippen molar-refractivity contribution in [2.24, 2.45) is 0 Å². The van der Waals surface area contributed by atoms with Crippen LogP contribution in [0.2, 0.25) is 20.1 Å². The number of aliphatic hydroxyl groups excluding tert-OH is 1. The van der Waals surface area contributed by atoms with E-state index >= 15 is 0 Å². The molecule has 1 N–H and O–H groups in total. The van der Waals surface area contributed by atoms with Crippen molar-refractivity contribution in [2.45, 2.75) is 12.5 Å². The summed E-state index contributed by atoms with van der Waals surface area (Å²) in [5.41, 5.74) is 1.38. The van der Waals surface area contributed by atoms with Crippen molar-refractivity contribution in [1.29, 1.82) is 0 Å². The van der Waals surface area contributed by atoms with Gasteiger partial charge in [-0.25, -0.2) is 0 Å².